The van der Waals surface area contributed by atoms with Crippen LogP contribution in [0.15, 0.2) is 72.1 Å². The predicted octanol–water partition coefficient (Wildman–Crippen LogP) is 3.45. The minimum absolute atomic E-state index is 0.263. The van der Waals surface area contributed by atoms with Gasteiger partial charge in [0.1, 0.15) is 11.5 Å². The molecule has 9 heteroatoms. The molecule has 0 saturated heterocycles. The van der Waals surface area contributed by atoms with Gasteiger partial charge in [-0.3, -0.25) is 5.10 Å². The molecule has 5 rings (SSSR count). The number of hydrogen-bond acceptors (Lipinski definition) is 7. The normalized spacial score (nSPS) is 11.3. The SMILES string of the molecule is CS(=O)(=O)c1ccc(Nc2cc3c(C#Cc4ccnc5[nH]ncc45)nccc3cn2)cc1. The highest BCUT2D eigenvalue weighted by molar-refractivity contribution is 7.90. The Labute approximate surface area is 183 Å². The molecule has 0 fully saturated rings. The van der Waals surface area contributed by atoms with Gasteiger partial charge < -0.3 is 5.32 Å². The van der Waals surface area contributed by atoms with Crippen LogP contribution < -0.4 is 5.32 Å². The van der Waals surface area contributed by atoms with Gasteiger partial charge in [-0.05, 0) is 48.4 Å². The Bertz CT molecular complexity index is 1630. The summed E-state index contributed by atoms with van der Waals surface area (Å²) in [6, 6.07) is 12.1. The summed E-state index contributed by atoms with van der Waals surface area (Å²) in [5.74, 6) is 6.91. The zero-order valence-corrected chi connectivity index (χ0v) is 17.7. The quantitative estimate of drug-likeness (QED) is 0.413. The summed E-state index contributed by atoms with van der Waals surface area (Å²) in [4.78, 5) is 13.4. The maximum Gasteiger partial charge on any atom is 0.175 e. The molecule has 4 heterocycles. The van der Waals surface area contributed by atoms with Gasteiger partial charge in [-0.15, -0.1) is 0 Å². The van der Waals surface area contributed by atoms with E-state index >= 15 is 0 Å². The van der Waals surface area contributed by atoms with Crippen molar-refractivity contribution in [3.8, 4) is 11.8 Å². The number of aromatic nitrogens is 5. The van der Waals surface area contributed by atoms with E-state index in [0.29, 0.717) is 17.2 Å². The van der Waals surface area contributed by atoms with E-state index in [1.54, 1.807) is 49.1 Å². The molecule has 1 aromatic carbocycles. The molecule has 0 saturated carbocycles. The number of sulfone groups is 1. The highest BCUT2D eigenvalue weighted by Crippen LogP contribution is 2.23. The second kappa shape index (κ2) is 7.76. The van der Waals surface area contributed by atoms with E-state index in [4.69, 9.17) is 0 Å². The van der Waals surface area contributed by atoms with E-state index < -0.39 is 9.84 Å². The third-order valence-corrected chi connectivity index (χ3v) is 6.00. The van der Waals surface area contributed by atoms with Crippen molar-refractivity contribution in [1.82, 2.24) is 25.1 Å². The van der Waals surface area contributed by atoms with E-state index in [2.05, 4.69) is 42.3 Å². The fraction of sp³-hybridized carbons (Fsp3) is 0.0435. The van der Waals surface area contributed by atoms with Gasteiger partial charge in [-0.2, -0.15) is 5.10 Å². The first-order valence-electron chi connectivity index (χ1n) is 9.59. The lowest BCUT2D eigenvalue weighted by Crippen LogP contribution is -1.98. The van der Waals surface area contributed by atoms with Crippen molar-refractivity contribution < 1.29 is 8.42 Å². The Morgan fingerprint density at radius 1 is 0.906 bits per heavy atom. The number of aromatic amines is 1. The maximum absolute atomic E-state index is 11.6. The lowest BCUT2D eigenvalue weighted by molar-refractivity contribution is 0.602. The number of anilines is 2. The summed E-state index contributed by atoms with van der Waals surface area (Å²) in [7, 11) is -3.24. The third kappa shape index (κ3) is 3.87. The largest absolute Gasteiger partial charge is 0.340 e. The van der Waals surface area contributed by atoms with Crippen molar-refractivity contribution in [2.45, 2.75) is 4.90 Å². The highest BCUT2D eigenvalue weighted by atomic mass is 32.2. The molecular formula is C23H16N6O2S. The Kier molecular flexibility index (Phi) is 4.77. The summed E-state index contributed by atoms with van der Waals surface area (Å²) >= 11 is 0. The van der Waals surface area contributed by atoms with E-state index in [1.165, 1.54) is 6.26 Å². The molecule has 0 atom stereocenters. The summed E-state index contributed by atoms with van der Waals surface area (Å²) in [5.41, 5.74) is 2.83. The molecule has 0 aliphatic rings. The highest BCUT2D eigenvalue weighted by Gasteiger charge is 2.08. The Balaban J connectivity index is 1.50. The number of pyridine rings is 3. The van der Waals surface area contributed by atoms with Gasteiger partial charge >= 0.3 is 0 Å². The number of rotatable bonds is 3. The number of nitrogens with zero attached hydrogens (tertiary/aromatic N) is 4. The molecule has 32 heavy (non-hydrogen) atoms. The van der Waals surface area contributed by atoms with Crippen LogP contribution in [0.3, 0.4) is 0 Å². The van der Waals surface area contributed by atoms with Gasteiger partial charge in [0.05, 0.1) is 16.5 Å². The van der Waals surface area contributed by atoms with Gasteiger partial charge in [0.15, 0.2) is 15.5 Å². The van der Waals surface area contributed by atoms with Gasteiger partial charge in [-0.1, -0.05) is 5.92 Å². The molecule has 0 aliphatic carbocycles. The van der Waals surface area contributed by atoms with Crippen LogP contribution in [0.4, 0.5) is 11.5 Å². The first-order chi connectivity index (χ1) is 15.5. The monoisotopic (exact) mass is 440 g/mol. The average Bonchev–Trinajstić information content (AvgIpc) is 3.27. The Morgan fingerprint density at radius 2 is 1.72 bits per heavy atom. The van der Waals surface area contributed by atoms with Crippen molar-refractivity contribution in [2.75, 3.05) is 11.6 Å². The van der Waals surface area contributed by atoms with Crippen LogP contribution in [0.5, 0.6) is 0 Å². The molecule has 0 spiro atoms. The summed E-state index contributed by atoms with van der Waals surface area (Å²) in [6.07, 6.45) is 8.01. The van der Waals surface area contributed by atoms with Gasteiger partial charge in [0.25, 0.3) is 0 Å². The summed E-state index contributed by atoms with van der Waals surface area (Å²) < 4.78 is 23.3. The lowest BCUT2D eigenvalue weighted by Gasteiger charge is -2.08. The molecule has 0 radical (unpaired) electrons. The van der Waals surface area contributed by atoms with Crippen LogP contribution >= 0.6 is 0 Å². The number of H-pyrrole nitrogens is 1. The van der Waals surface area contributed by atoms with Gasteiger partial charge in [-0.25, -0.2) is 23.4 Å². The van der Waals surface area contributed by atoms with Crippen LogP contribution in [0.1, 0.15) is 11.3 Å². The predicted molar refractivity (Wildman–Crippen MR) is 122 cm³/mol. The first kappa shape index (κ1) is 19.7. The second-order valence-electron chi connectivity index (χ2n) is 7.11. The fourth-order valence-corrected chi connectivity index (χ4v) is 3.88. The summed E-state index contributed by atoms with van der Waals surface area (Å²) in [6.45, 7) is 0. The van der Waals surface area contributed by atoms with E-state index in [9.17, 15) is 8.42 Å². The third-order valence-electron chi connectivity index (χ3n) is 4.87. The maximum atomic E-state index is 11.6. The molecule has 4 aromatic heterocycles. The molecule has 2 N–H and O–H groups in total. The topological polar surface area (TPSA) is 114 Å². The molecule has 8 nitrogen and oxygen atoms in total. The van der Waals surface area contributed by atoms with Crippen LogP contribution in [0.25, 0.3) is 21.8 Å². The summed E-state index contributed by atoms with van der Waals surface area (Å²) in [5, 5.41) is 12.7. The number of nitrogens with one attached hydrogen (secondary N) is 2. The first-order valence-corrected chi connectivity index (χ1v) is 11.5. The van der Waals surface area contributed by atoms with Crippen molar-refractivity contribution in [3.05, 3.63) is 78.5 Å². The van der Waals surface area contributed by atoms with Crippen molar-refractivity contribution in [1.29, 1.82) is 0 Å². The molecule has 5 aromatic rings. The lowest BCUT2D eigenvalue weighted by atomic mass is 10.1. The second-order valence-corrected chi connectivity index (χ2v) is 9.13. The standard InChI is InChI=1S/C23H16N6O2S/c1-32(30,31)18-5-3-17(4-6-18)28-22-12-19-16(13-26-22)9-10-24-21(19)7-2-15-8-11-25-23-20(15)14-27-29-23/h3-6,8-14H,1H3,(H,26,28)(H,25,27,29). The van der Waals surface area contributed by atoms with Crippen LogP contribution in [0, 0.1) is 11.8 Å². The van der Waals surface area contributed by atoms with Gasteiger partial charge in [0, 0.05) is 46.9 Å². The van der Waals surface area contributed by atoms with E-state index in [1.807, 2.05) is 18.2 Å². The molecule has 156 valence electrons. The minimum Gasteiger partial charge on any atom is -0.340 e. The smallest absolute Gasteiger partial charge is 0.175 e. The van der Waals surface area contributed by atoms with Crippen molar-refractivity contribution >= 4 is 43.1 Å². The van der Waals surface area contributed by atoms with Crippen LogP contribution in [-0.4, -0.2) is 39.8 Å². The zero-order chi connectivity index (χ0) is 22.1. The molecule has 0 unspecified atom stereocenters. The zero-order valence-electron chi connectivity index (χ0n) is 16.9. The van der Waals surface area contributed by atoms with E-state index in [0.717, 1.165) is 27.4 Å². The van der Waals surface area contributed by atoms with Crippen LogP contribution in [0.2, 0.25) is 0 Å². The number of benzene rings is 1. The Morgan fingerprint density at radius 3 is 2.53 bits per heavy atom. The fourth-order valence-electron chi connectivity index (χ4n) is 3.25. The Hall–Kier alpha value is -4.29. The molecule has 0 aliphatic heterocycles. The number of hydrogen-bond donors (Lipinski definition) is 2. The number of fused-ring (bicyclic) bond motifs is 2. The molecule has 0 amide bonds. The molecular weight excluding hydrogens is 424 g/mol. The van der Waals surface area contributed by atoms with Gasteiger partial charge in [0.2, 0.25) is 0 Å². The van der Waals surface area contributed by atoms with Crippen molar-refractivity contribution in [2.24, 2.45) is 0 Å². The van der Waals surface area contributed by atoms with Crippen molar-refractivity contribution in [3.63, 3.8) is 0 Å². The average molecular weight is 440 g/mol. The molecule has 0 bridgehead atoms. The van der Waals surface area contributed by atoms with Crippen LogP contribution in [-0.2, 0) is 9.84 Å². The van der Waals surface area contributed by atoms with E-state index in [-0.39, 0.29) is 4.90 Å². The minimum atomic E-state index is -3.24.